The van der Waals surface area contributed by atoms with E-state index in [1.165, 1.54) is 11.3 Å². The summed E-state index contributed by atoms with van der Waals surface area (Å²) in [6, 6.07) is 14.5. The van der Waals surface area contributed by atoms with Gasteiger partial charge in [0.15, 0.2) is 5.82 Å². The van der Waals surface area contributed by atoms with Crippen molar-refractivity contribution in [2.24, 2.45) is 0 Å². The Kier molecular flexibility index (Phi) is 5.01. The number of rotatable bonds is 5. The van der Waals surface area contributed by atoms with Crippen LogP contribution in [0.1, 0.15) is 29.5 Å². The first kappa shape index (κ1) is 19.3. The lowest BCUT2D eigenvalue weighted by atomic mass is 9.97. The van der Waals surface area contributed by atoms with Crippen LogP contribution in [0, 0.1) is 0 Å². The number of thiophene rings is 1. The van der Waals surface area contributed by atoms with Crippen molar-refractivity contribution < 1.29 is 0 Å². The van der Waals surface area contributed by atoms with Gasteiger partial charge in [-0.3, -0.25) is 20.1 Å². The van der Waals surface area contributed by atoms with Gasteiger partial charge in [-0.05, 0) is 61.2 Å². The highest BCUT2D eigenvalue weighted by atomic mass is 32.1. The SMILES string of the molecule is c1csc(CN2CCC[C@@H](c3nc(-c4ccc5[nH]nc(-c6ccncc6)c5c4)n[nH]3)C2)c1. The number of aromatic nitrogens is 6. The third kappa shape index (κ3) is 3.72. The molecule has 5 aromatic rings. The van der Waals surface area contributed by atoms with Crippen LogP contribution in [0.25, 0.3) is 33.5 Å². The zero-order valence-corrected chi connectivity index (χ0v) is 18.3. The molecular weight excluding hydrogens is 418 g/mol. The predicted octanol–water partition coefficient (Wildman–Crippen LogP) is 4.85. The Morgan fingerprint density at radius 1 is 1.03 bits per heavy atom. The van der Waals surface area contributed by atoms with Gasteiger partial charge in [0.05, 0.1) is 5.52 Å². The molecule has 1 aliphatic rings. The summed E-state index contributed by atoms with van der Waals surface area (Å²) in [6.07, 6.45) is 5.89. The monoisotopic (exact) mass is 441 g/mol. The van der Waals surface area contributed by atoms with Gasteiger partial charge in [0, 0.05) is 52.8 Å². The molecule has 160 valence electrons. The summed E-state index contributed by atoms with van der Waals surface area (Å²) in [5, 5.41) is 18.6. The molecule has 5 heterocycles. The highest BCUT2D eigenvalue weighted by molar-refractivity contribution is 7.09. The maximum absolute atomic E-state index is 4.90. The molecule has 6 rings (SSSR count). The number of likely N-dealkylation sites (tertiary alicyclic amines) is 1. The molecule has 1 fully saturated rings. The van der Waals surface area contributed by atoms with Gasteiger partial charge < -0.3 is 0 Å². The number of piperidine rings is 1. The van der Waals surface area contributed by atoms with Crippen molar-refractivity contribution in [2.45, 2.75) is 25.3 Å². The summed E-state index contributed by atoms with van der Waals surface area (Å²) in [5.74, 6) is 2.10. The second kappa shape index (κ2) is 8.29. The average Bonchev–Trinajstić information content (AvgIpc) is 3.60. The molecule has 0 unspecified atom stereocenters. The van der Waals surface area contributed by atoms with Gasteiger partial charge in [0.25, 0.3) is 0 Å². The van der Waals surface area contributed by atoms with Crippen LogP contribution < -0.4 is 0 Å². The van der Waals surface area contributed by atoms with E-state index in [4.69, 9.17) is 4.98 Å². The Morgan fingerprint density at radius 2 is 1.97 bits per heavy atom. The van der Waals surface area contributed by atoms with Gasteiger partial charge >= 0.3 is 0 Å². The zero-order chi connectivity index (χ0) is 21.3. The van der Waals surface area contributed by atoms with Crippen LogP contribution in [-0.4, -0.2) is 48.4 Å². The van der Waals surface area contributed by atoms with Gasteiger partial charge in [-0.25, -0.2) is 4.98 Å². The molecule has 0 aliphatic carbocycles. The standard InChI is InChI=1S/C24H23N7S/c1-3-18(14-31(11-1)15-19-4-2-12-32-19)24-26-23(29-30-24)17-5-6-21-20(13-17)22(28-27-21)16-7-9-25-10-8-16/h2,4-10,12-13,18H,1,3,11,14-15H2,(H,27,28)(H,26,29,30)/t18-/m1/s1. The Labute approximate surface area is 189 Å². The molecule has 0 spiro atoms. The summed E-state index contributed by atoms with van der Waals surface area (Å²) in [4.78, 5) is 13.0. The van der Waals surface area contributed by atoms with Crippen LogP contribution in [-0.2, 0) is 6.54 Å². The van der Waals surface area contributed by atoms with E-state index >= 15 is 0 Å². The van der Waals surface area contributed by atoms with Crippen molar-refractivity contribution in [1.29, 1.82) is 0 Å². The number of nitrogens with one attached hydrogen (secondary N) is 2. The van der Waals surface area contributed by atoms with E-state index in [0.29, 0.717) is 5.92 Å². The quantitative estimate of drug-likeness (QED) is 0.407. The van der Waals surface area contributed by atoms with E-state index in [9.17, 15) is 0 Å². The largest absolute Gasteiger partial charge is 0.298 e. The minimum Gasteiger partial charge on any atom is -0.298 e. The van der Waals surface area contributed by atoms with Gasteiger partial charge in [0.2, 0.25) is 0 Å². The van der Waals surface area contributed by atoms with Crippen LogP contribution in [0.3, 0.4) is 0 Å². The molecular formula is C24H23N7S. The summed E-state index contributed by atoms with van der Waals surface area (Å²) in [7, 11) is 0. The van der Waals surface area contributed by atoms with Gasteiger partial charge in [-0.1, -0.05) is 6.07 Å². The molecule has 8 heteroatoms. The minimum atomic E-state index is 0.384. The topological polar surface area (TPSA) is 86.4 Å². The molecule has 0 saturated carbocycles. The Hall–Kier alpha value is -3.36. The first-order valence-electron chi connectivity index (χ1n) is 10.9. The number of benzene rings is 1. The zero-order valence-electron chi connectivity index (χ0n) is 17.5. The summed E-state index contributed by atoms with van der Waals surface area (Å²) in [6.45, 7) is 3.17. The number of fused-ring (bicyclic) bond motifs is 1. The smallest absolute Gasteiger partial charge is 0.181 e. The van der Waals surface area contributed by atoms with E-state index in [2.05, 4.69) is 53.9 Å². The van der Waals surface area contributed by atoms with Crippen LogP contribution >= 0.6 is 11.3 Å². The second-order valence-corrected chi connectivity index (χ2v) is 9.30. The molecule has 0 amide bonds. The second-order valence-electron chi connectivity index (χ2n) is 8.27. The van der Waals surface area contributed by atoms with E-state index < -0.39 is 0 Å². The first-order valence-corrected chi connectivity index (χ1v) is 11.8. The normalized spacial score (nSPS) is 17.2. The van der Waals surface area contributed by atoms with Crippen LogP contribution in [0.5, 0.6) is 0 Å². The lowest BCUT2D eigenvalue weighted by molar-refractivity contribution is 0.198. The molecule has 1 aromatic carbocycles. The first-order chi connectivity index (χ1) is 15.8. The van der Waals surface area contributed by atoms with Crippen molar-refractivity contribution in [3.63, 3.8) is 0 Å². The lowest BCUT2D eigenvalue weighted by Crippen LogP contribution is -2.34. The lowest BCUT2D eigenvalue weighted by Gasteiger charge is -2.31. The van der Waals surface area contributed by atoms with Crippen LogP contribution in [0.4, 0.5) is 0 Å². The molecule has 1 saturated heterocycles. The maximum atomic E-state index is 4.90. The van der Waals surface area contributed by atoms with Crippen molar-refractivity contribution >= 4 is 22.2 Å². The molecule has 0 radical (unpaired) electrons. The molecule has 4 aromatic heterocycles. The number of aromatic amines is 2. The molecule has 0 bridgehead atoms. The van der Waals surface area contributed by atoms with E-state index in [1.54, 1.807) is 12.4 Å². The Morgan fingerprint density at radius 3 is 2.84 bits per heavy atom. The van der Waals surface area contributed by atoms with Crippen LogP contribution in [0.2, 0.25) is 0 Å². The Balaban J connectivity index is 1.25. The van der Waals surface area contributed by atoms with E-state index in [-0.39, 0.29) is 0 Å². The highest BCUT2D eigenvalue weighted by Gasteiger charge is 2.24. The fourth-order valence-corrected chi connectivity index (χ4v) is 5.26. The number of hydrogen-bond acceptors (Lipinski definition) is 6. The summed E-state index contributed by atoms with van der Waals surface area (Å²) in [5.41, 5.74) is 3.93. The summed E-state index contributed by atoms with van der Waals surface area (Å²) < 4.78 is 0. The third-order valence-corrected chi connectivity index (χ3v) is 6.99. The van der Waals surface area contributed by atoms with Crippen molar-refractivity contribution in [3.05, 3.63) is 70.9 Å². The van der Waals surface area contributed by atoms with Crippen molar-refractivity contribution in [3.8, 4) is 22.6 Å². The number of pyridine rings is 1. The van der Waals surface area contributed by atoms with Crippen molar-refractivity contribution in [1.82, 2.24) is 35.3 Å². The van der Waals surface area contributed by atoms with E-state index in [1.807, 2.05) is 35.6 Å². The van der Waals surface area contributed by atoms with Crippen LogP contribution in [0.15, 0.2) is 60.2 Å². The highest BCUT2D eigenvalue weighted by Crippen LogP contribution is 2.31. The van der Waals surface area contributed by atoms with Crippen molar-refractivity contribution in [2.75, 3.05) is 13.1 Å². The fraction of sp³-hybridized carbons (Fsp3) is 0.250. The molecule has 2 N–H and O–H groups in total. The number of nitrogens with zero attached hydrogens (tertiary/aromatic N) is 5. The van der Waals surface area contributed by atoms with Gasteiger partial charge in [-0.2, -0.15) is 10.2 Å². The number of hydrogen-bond donors (Lipinski definition) is 2. The van der Waals surface area contributed by atoms with Gasteiger partial charge in [0.1, 0.15) is 11.5 Å². The molecule has 1 atom stereocenters. The molecule has 7 nitrogen and oxygen atoms in total. The maximum Gasteiger partial charge on any atom is 0.181 e. The molecule has 1 aliphatic heterocycles. The summed E-state index contributed by atoms with van der Waals surface area (Å²) >= 11 is 1.83. The Bertz CT molecular complexity index is 1320. The predicted molar refractivity (Wildman–Crippen MR) is 126 cm³/mol. The number of H-pyrrole nitrogens is 2. The average molecular weight is 442 g/mol. The third-order valence-electron chi connectivity index (χ3n) is 6.13. The minimum absolute atomic E-state index is 0.384. The van der Waals surface area contributed by atoms with E-state index in [0.717, 1.165) is 65.4 Å². The van der Waals surface area contributed by atoms with Gasteiger partial charge in [-0.15, -0.1) is 11.3 Å². The fourth-order valence-electron chi connectivity index (χ4n) is 4.51. The molecule has 32 heavy (non-hydrogen) atoms.